The monoisotopic (exact) mass is 225 g/mol. The van der Waals surface area contributed by atoms with E-state index in [1.165, 1.54) is 18.2 Å². The van der Waals surface area contributed by atoms with Crippen LogP contribution in [0.2, 0.25) is 0 Å². The van der Waals surface area contributed by atoms with Crippen molar-refractivity contribution in [2.75, 3.05) is 6.54 Å². The van der Waals surface area contributed by atoms with Crippen LogP contribution >= 0.6 is 0 Å². The number of carbonyl (C=O) groups excluding carboxylic acids is 1. The lowest BCUT2D eigenvalue weighted by molar-refractivity contribution is 0.0694. The SMILES string of the molecule is Cc1cc(F)ccc1C(=O)NCC(C)(C)O. The lowest BCUT2D eigenvalue weighted by atomic mass is 10.1. The van der Waals surface area contributed by atoms with Crippen LogP contribution in [0.3, 0.4) is 0 Å². The standard InChI is InChI=1S/C12H16FNO2/c1-8-6-9(13)4-5-10(8)11(15)14-7-12(2,3)16/h4-6,16H,7H2,1-3H3,(H,14,15). The molecule has 0 saturated carbocycles. The minimum Gasteiger partial charge on any atom is -0.389 e. The van der Waals surface area contributed by atoms with Gasteiger partial charge in [0.1, 0.15) is 5.82 Å². The van der Waals surface area contributed by atoms with Crippen molar-refractivity contribution in [2.24, 2.45) is 0 Å². The van der Waals surface area contributed by atoms with Gasteiger partial charge in [0.05, 0.1) is 5.60 Å². The van der Waals surface area contributed by atoms with E-state index in [0.717, 1.165) is 0 Å². The highest BCUT2D eigenvalue weighted by molar-refractivity contribution is 5.95. The molecule has 1 amide bonds. The first kappa shape index (κ1) is 12.6. The third-order valence-electron chi connectivity index (χ3n) is 2.11. The number of carbonyl (C=O) groups is 1. The molecule has 0 radical (unpaired) electrons. The Kier molecular flexibility index (Phi) is 3.65. The quantitative estimate of drug-likeness (QED) is 0.821. The van der Waals surface area contributed by atoms with E-state index in [1.54, 1.807) is 20.8 Å². The van der Waals surface area contributed by atoms with Crippen LogP contribution in [0, 0.1) is 12.7 Å². The molecule has 88 valence electrons. The Hall–Kier alpha value is -1.42. The molecule has 0 heterocycles. The van der Waals surface area contributed by atoms with Crippen molar-refractivity contribution in [3.8, 4) is 0 Å². The van der Waals surface area contributed by atoms with Gasteiger partial charge in [-0.3, -0.25) is 4.79 Å². The summed E-state index contributed by atoms with van der Waals surface area (Å²) in [4.78, 5) is 11.7. The first-order chi connectivity index (χ1) is 7.29. The van der Waals surface area contributed by atoms with Crippen LogP contribution in [-0.4, -0.2) is 23.2 Å². The summed E-state index contributed by atoms with van der Waals surface area (Å²) in [5.74, 6) is -0.670. The van der Waals surface area contributed by atoms with E-state index in [0.29, 0.717) is 11.1 Å². The Morgan fingerprint density at radius 3 is 2.62 bits per heavy atom. The Labute approximate surface area is 94.3 Å². The average Bonchev–Trinajstić information content (AvgIpc) is 2.13. The maximum absolute atomic E-state index is 12.8. The van der Waals surface area contributed by atoms with E-state index >= 15 is 0 Å². The fourth-order valence-corrected chi connectivity index (χ4v) is 1.27. The predicted molar refractivity (Wildman–Crippen MR) is 59.8 cm³/mol. The molecule has 0 fully saturated rings. The lowest BCUT2D eigenvalue weighted by Gasteiger charge is -2.18. The summed E-state index contributed by atoms with van der Waals surface area (Å²) in [6, 6.07) is 3.98. The molecule has 0 aliphatic carbocycles. The Morgan fingerprint density at radius 2 is 2.12 bits per heavy atom. The molecule has 2 N–H and O–H groups in total. The molecule has 1 aromatic rings. The first-order valence-corrected chi connectivity index (χ1v) is 5.06. The lowest BCUT2D eigenvalue weighted by Crippen LogP contribution is -2.38. The smallest absolute Gasteiger partial charge is 0.251 e. The average molecular weight is 225 g/mol. The summed E-state index contributed by atoms with van der Waals surface area (Å²) in [5, 5.41) is 12.0. The number of halogens is 1. The largest absolute Gasteiger partial charge is 0.389 e. The molecule has 0 atom stereocenters. The highest BCUT2D eigenvalue weighted by atomic mass is 19.1. The zero-order valence-electron chi connectivity index (χ0n) is 9.67. The number of benzene rings is 1. The van der Waals surface area contributed by atoms with E-state index in [2.05, 4.69) is 5.32 Å². The zero-order chi connectivity index (χ0) is 12.3. The Balaban J connectivity index is 2.74. The van der Waals surface area contributed by atoms with Crippen LogP contribution in [0.4, 0.5) is 4.39 Å². The number of rotatable bonds is 3. The van der Waals surface area contributed by atoms with Crippen LogP contribution < -0.4 is 5.32 Å². The van der Waals surface area contributed by atoms with E-state index in [9.17, 15) is 14.3 Å². The van der Waals surface area contributed by atoms with Gasteiger partial charge in [0.25, 0.3) is 5.91 Å². The van der Waals surface area contributed by atoms with Gasteiger partial charge in [-0.05, 0) is 44.5 Å². The van der Waals surface area contributed by atoms with Gasteiger partial charge >= 0.3 is 0 Å². The zero-order valence-corrected chi connectivity index (χ0v) is 9.67. The van der Waals surface area contributed by atoms with Crippen LogP contribution in [0.1, 0.15) is 29.8 Å². The van der Waals surface area contributed by atoms with Gasteiger partial charge in [-0.25, -0.2) is 4.39 Å². The van der Waals surface area contributed by atoms with Crippen LogP contribution in [-0.2, 0) is 0 Å². The highest BCUT2D eigenvalue weighted by Crippen LogP contribution is 2.10. The van der Waals surface area contributed by atoms with Crippen molar-refractivity contribution in [2.45, 2.75) is 26.4 Å². The summed E-state index contributed by atoms with van der Waals surface area (Å²) in [5.41, 5.74) is 0.0442. The van der Waals surface area contributed by atoms with Crippen LogP contribution in [0.25, 0.3) is 0 Å². The number of hydrogen-bond acceptors (Lipinski definition) is 2. The second-order valence-electron chi connectivity index (χ2n) is 4.45. The Bertz CT molecular complexity index is 396. The van der Waals surface area contributed by atoms with E-state index in [4.69, 9.17) is 0 Å². The van der Waals surface area contributed by atoms with Crippen LogP contribution in [0.5, 0.6) is 0 Å². The fraction of sp³-hybridized carbons (Fsp3) is 0.417. The van der Waals surface area contributed by atoms with Gasteiger partial charge in [0.2, 0.25) is 0 Å². The summed E-state index contributed by atoms with van der Waals surface area (Å²) in [6.07, 6.45) is 0. The van der Waals surface area contributed by atoms with Gasteiger partial charge in [-0.1, -0.05) is 0 Å². The van der Waals surface area contributed by atoms with Crippen molar-refractivity contribution < 1.29 is 14.3 Å². The number of aliphatic hydroxyl groups is 1. The first-order valence-electron chi connectivity index (χ1n) is 5.06. The number of amides is 1. The van der Waals surface area contributed by atoms with Crippen LogP contribution in [0.15, 0.2) is 18.2 Å². The minimum atomic E-state index is -0.955. The molecule has 0 bridgehead atoms. The molecule has 16 heavy (non-hydrogen) atoms. The molecule has 0 aromatic heterocycles. The maximum Gasteiger partial charge on any atom is 0.251 e. The molecule has 1 rings (SSSR count). The van der Waals surface area contributed by atoms with Crippen molar-refractivity contribution >= 4 is 5.91 Å². The summed E-state index contributed by atoms with van der Waals surface area (Å²) >= 11 is 0. The van der Waals surface area contributed by atoms with E-state index in [-0.39, 0.29) is 18.3 Å². The van der Waals surface area contributed by atoms with E-state index in [1.807, 2.05) is 0 Å². The second kappa shape index (κ2) is 4.61. The normalized spacial score (nSPS) is 11.3. The third kappa shape index (κ3) is 3.62. The van der Waals surface area contributed by atoms with Crippen molar-refractivity contribution in [1.82, 2.24) is 5.32 Å². The topological polar surface area (TPSA) is 49.3 Å². The number of nitrogens with one attached hydrogen (secondary N) is 1. The molecule has 0 aliphatic heterocycles. The predicted octanol–water partition coefficient (Wildman–Crippen LogP) is 1.63. The van der Waals surface area contributed by atoms with Gasteiger partial charge in [0.15, 0.2) is 0 Å². The number of hydrogen-bond donors (Lipinski definition) is 2. The molecule has 0 aliphatic rings. The van der Waals surface area contributed by atoms with Crippen molar-refractivity contribution in [3.63, 3.8) is 0 Å². The Morgan fingerprint density at radius 1 is 1.50 bits per heavy atom. The molecular weight excluding hydrogens is 209 g/mol. The van der Waals surface area contributed by atoms with E-state index < -0.39 is 5.60 Å². The minimum absolute atomic E-state index is 0.155. The second-order valence-corrected chi connectivity index (χ2v) is 4.45. The van der Waals surface area contributed by atoms with Gasteiger partial charge in [0, 0.05) is 12.1 Å². The fourth-order valence-electron chi connectivity index (χ4n) is 1.27. The molecular formula is C12H16FNO2. The maximum atomic E-state index is 12.8. The molecule has 0 spiro atoms. The molecule has 0 saturated heterocycles. The number of aryl methyl sites for hydroxylation is 1. The molecule has 0 unspecified atom stereocenters. The molecule has 3 nitrogen and oxygen atoms in total. The van der Waals surface area contributed by atoms with Gasteiger partial charge in [-0.2, -0.15) is 0 Å². The highest BCUT2D eigenvalue weighted by Gasteiger charge is 2.15. The third-order valence-corrected chi connectivity index (χ3v) is 2.11. The molecule has 4 heteroatoms. The molecule has 1 aromatic carbocycles. The summed E-state index contributed by atoms with van der Waals surface area (Å²) in [7, 11) is 0. The van der Waals surface area contributed by atoms with Crippen molar-refractivity contribution in [3.05, 3.63) is 35.1 Å². The summed E-state index contributed by atoms with van der Waals surface area (Å²) in [6.45, 7) is 5.03. The van der Waals surface area contributed by atoms with Crippen molar-refractivity contribution in [1.29, 1.82) is 0 Å². The van der Waals surface area contributed by atoms with Gasteiger partial charge in [-0.15, -0.1) is 0 Å². The van der Waals surface area contributed by atoms with Gasteiger partial charge < -0.3 is 10.4 Å². The summed E-state index contributed by atoms with van der Waals surface area (Å²) < 4.78 is 12.8.